The Hall–Kier alpha value is -1.85. The number of halogens is 1. The lowest BCUT2D eigenvalue weighted by Gasteiger charge is -2.20. The molecule has 116 valence electrons. The minimum absolute atomic E-state index is 0.266. The number of carbonyl (C=O) groups excluding carboxylic acids is 1. The molecule has 22 heavy (non-hydrogen) atoms. The highest BCUT2D eigenvalue weighted by molar-refractivity contribution is 6.30. The number of carboxylic acid groups (broad SMARTS) is 1. The quantitative estimate of drug-likeness (QED) is 0.809. The summed E-state index contributed by atoms with van der Waals surface area (Å²) in [4.78, 5) is 23.6. The molecular formula is C16H16ClNO4. The van der Waals surface area contributed by atoms with Gasteiger partial charge in [0, 0.05) is 11.6 Å². The summed E-state index contributed by atoms with van der Waals surface area (Å²) in [5, 5.41) is 12.8. The lowest BCUT2D eigenvalue weighted by molar-refractivity contribution is -0.146. The van der Waals surface area contributed by atoms with Gasteiger partial charge in [0.1, 0.15) is 5.92 Å². The van der Waals surface area contributed by atoms with Gasteiger partial charge in [0.2, 0.25) is 5.91 Å². The summed E-state index contributed by atoms with van der Waals surface area (Å²) in [6.45, 7) is 0.449. The van der Waals surface area contributed by atoms with E-state index >= 15 is 0 Å². The van der Waals surface area contributed by atoms with E-state index in [2.05, 4.69) is 5.32 Å². The molecule has 1 aromatic rings. The van der Waals surface area contributed by atoms with Crippen molar-refractivity contribution in [3.05, 3.63) is 47.0 Å². The minimum atomic E-state index is -0.991. The Labute approximate surface area is 132 Å². The van der Waals surface area contributed by atoms with Crippen LogP contribution in [0.3, 0.4) is 0 Å². The van der Waals surface area contributed by atoms with Crippen molar-refractivity contribution in [2.45, 2.75) is 18.6 Å². The molecule has 4 atom stereocenters. The van der Waals surface area contributed by atoms with Crippen molar-refractivity contribution in [3.63, 3.8) is 0 Å². The molecular weight excluding hydrogens is 306 g/mol. The lowest BCUT2D eigenvalue weighted by Crippen LogP contribution is -2.43. The summed E-state index contributed by atoms with van der Waals surface area (Å²) in [7, 11) is 0. The van der Waals surface area contributed by atoms with E-state index in [1.54, 1.807) is 24.3 Å². The third-order valence-electron chi connectivity index (χ3n) is 4.11. The number of hydrogen-bond donors (Lipinski definition) is 2. The first-order chi connectivity index (χ1) is 10.6. The van der Waals surface area contributed by atoms with E-state index in [0.717, 1.165) is 5.56 Å². The van der Waals surface area contributed by atoms with Crippen LogP contribution >= 0.6 is 11.6 Å². The van der Waals surface area contributed by atoms with Gasteiger partial charge < -0.3 is 15.2 Å². The predicted octanol–water partition coefficient (Wildman–Crippen LogP) is 1.65. The first-order valence-corrected chi connectivity index (χ1v) is 7.53. The van der Waals surface area contributed by atoms with Crippen molar-refractivity contribution in [2.24, 2.45) is 11.8 Å². The molecule has 1 saturated heterocycles. The number of nitrogens with one attached hydrogen (secondary N) is 1. The van der Waals surface area contributed by atoms with Gasteiger partial charge in [-0.1, -0.05) is 35.9 Å². The van der Waals surface area contributed by atoms with Crippen LogP contribution in [-0.4, -0.2) is 35.7 Å². The smallest absolute Gasteiger partial charge is 0.310 e. The van der Waals surface area contributed by atoms with Crippen molar-refractivity contribution >= 4 is 23.5 Å². The zero-order valence-corrected chi connectivity index (χ0v) is 12.5. The average molecular weight is 322 g/mol. The molecule has 0 aliphatic carbocycles. The van der Waals surface area contributed by atoms with Crippen molar-refractivity contribution in [1.82, 2.24) is 5.32 Å². The van der Waals surface area contributed by atoms with Gasteiger partial charge in [0.15, 0.2) is 0 Å². The Morgan fingerprint density at radius 1 is 1.14 bits per heavy atom. The topological polar surface area (TPSA) is 75.6 Å². The van der Waals surface area contributed by atoms with E-state index < -0.39 is 30.0 Å². The third-order valence-corrected chi connectivity index (χ3v) is 4.37. The summed E-state index contributed by atoms with van der Waals surface area (Å²) in [5.41, 5.74) is 1.06. The molecule has 1 fully saturated rings. The zero-order valence-electron chi connectivity index (χ0n) is 11.7. The van der Waals surface area contributed by atoms with Crippen LogP contribution in [0, 0.1) is 11.8 Å². The number of carbonyl (C=O) groups is 2. The first-order valence-electron chi connectivity index (χ1n) is 7.15. The fourth-order valence-electron chi connectivity index (χ4n) is 3.01. The fourth-order valence-corrected chi connectivity index (χ4v) is 3.14. The Morgan fingerprint density at radius 2 is 1.77 bits per heavy atom. The predicted molar refractivity (Wildman–Crippen MR) is 80.6 cm³/mol. The van der Waals surface area contributed by atoms with Gasteiger partial charge in [-0.15, -0.1) is 0 Å². The second kappa shape index (κ2) is 6.10. The largest absolute Gasteiger partial charge is 0.481 e. The molecule has 0 spiro atoms. The monoisotopic (exact) mass is 321 g/mol. The molecule has 0 unspecified atom stereocenters. The minimum Gasteiger partial charge on any atom is -0.481 e. The Kier molecular flexibility index (Phi) is 4.18. The fraction of sp³-hybridized carbons (Fsp3) is 0.375. The van der Waals surface area contributed by atoms with Crippen LogP contribution in [0.15, 0.2) is 36.4 Å². The molecule has 2 aliphatic rings. The summed E-state index contributed by atoms with van der Waals surface area (Å²) in [5.74, 6) is -2.71. The normalized spacial score (nSPS) is 28.8. The molecule has 0 radical (unpaired) electrons. The van der Waals surface area contributed by atoms with E-state index in [-0.39, 0.29) is 5.91 Å². The van der Waals surface area contributed by atoms with Gasteiger partial charge in [-0.05, 0) is 24.1 Å². The second-order valence-electron chi connectivity index (χ2n) is 5.51. The number of amides is 1. The molecule has 1 aromatic carbocycles. The Balaban J connectivity index is 1.56. The maximum absolute atomic E-state index is 12.3. The molecule has 6 heteroatoms. The van der Waals surface area contributed by atoms with Crippen molar-refractivity contribution in [3.8, 4) is 0 Å². The van der Waals surface area contributed by atoms with Gasteiger partial charge in [0.25, 0.3) is 0 Å². The number of carboxylic acids is 1. The maximum Gasteiger partial charge on any atom is 0.310 e. The second-order valence-corrected chi connectivity index (χ2v) is 5.94. The molecule has 5 nitrogen and oxygen atoms in total. The number of rotatable bonds is 5. The number of hydrogen-bond acceptors (Lipinski definition) is 3. The summed E-state index contributed by atoms with van der Waals surface area (Å²) in [6.07, 6.45) is 3.24. The lowest BCUT2D eigenvalue weighted by atomic mass is 9.82. The number of benzene rings is 1. The molecule has 2 aliphatic heterocycles. The van der Waals surface area contributed by atoms with Crippen LogP contribution in [0.25, 0.3) is 0 Å². The van der Waals surface area contributed by atoms with Gasteiger partial charge in [0.05, 0.1) is 18.1 Å². The van der Waals surface area contributed by atoms with Crippen molar-refractivity contribution in [1.29, 1.82) is 0 Å². The van der Waals surface area contributed by atoms with Crippen LogP contribution in [0.2, 0.25) is 5.02 Å². The highest BCUT2D eigenvalue weighted by Crippen LogP contribution is 2.39. The standard InChI is InChI=1S/C16H16ClNO4/c17-10-3-1-9(2-4-10)7-8-18-15(19)13-11-5-6-12(22-11)14(13)16(20)21/h1-6,11-14H,7-8H2,(H,18,19)(H,20,21)/t11-,12-,13-,14-/m0/s1. The SMILES string of the molecule is O=C(O)[C@@H]1[C@@H](C(=O)NCCc2ccc(Cl)cc2)[C@@H]2C=C[C@@H]1O2. The van der Waals surface area contributed by atoms with Gasteiger partial charge in [-0.3, -0.25) is 9.59 Å². The van der Waals surface area contributed by atoms with Crippen LogP contribution < -0.4 is 5.32 Å². The zero-order chi connectivity index (χ0) is 15.7. The van der Waals surface area contributed by atoms with Crippen molar-refractivity contribution in [2.75, 3.05) is 6.54 Å². The average Bonchev–Trinajstić information content (AvgIpc) is 3.09. The highest BCUT2D eigenvalue weighted by Gasteiger charge is 2.53. The highest BCUT2D eigenvalue weighted by atomic mass is 35.5. The molecule has 0 aromatic heterocycles. The number of fused-ring (bicyclic) bond motifs is 2. The maximum atomic E-state index is 12.3. The Bertz CT molecular complexity index is 613. The summed E-state index contributed by atoms with van der Waals surface area (Å²) >= 11 is 5.82. The van der Waals surface area contributed by atoms with E-state index in [4.69, 9.17) is 16.3 Å². The van der Waals surface area contributed by atoms with Gasteiger partial charge in [-0.25, -0.2) is 0 Å². The van der Waals surface area contributed by atoms with Crippen LogP contribution in [0.1, 0.15) is 5.56 Å². The van der Waals surface area contributed by atoms with E-state index in [9.17, 15) is 14.7 Å². The van der Waals surface area contributed by atoms with E-state index in [1.165, 1.54) is 0 Å². The molecule has 3 rings (SSSR count). The molecule has 2 bridgehead atoms. The van der Waals surface area contributed by atoms with E-state index in [0.29, 0.717) is 18.0 Å². The Morgan fingerprint density at radius 3 is 2.41 bits per heavy atom. The molecule has 0 saturated carbocycles. The molecule has 2 N–H and O–H groups in total. The van der Waals surface area contributed by atoms with Crippen LogP contribution in [0.4, 0.5) is 0 Å². The first kappa shape index (κ1) is 15.1. The number of ether oxygens (including phenoxy) is 1. The number of aliphatic carboxylic acids is 1. The molecule has 1 amide bonds. The van der Waals surface area contributed by atoms with Gasteiger partial charge >= 0.3 is 5.97 Å². The van der Waals surface area contributed by atoms with Crippen LogP contribution in [0.5, 0.6) is 0 Å². The van der Waals surface area contributed by atoms with Crippen molar-refractivity contribution < 1.29 is 19.4 Å². The summed E-state index contributed by atoms with van der Waals surface area (Å²) < 4.78 is 5.49. The summed E-state index contributed by atoms with van der Waals surface area (Å²) in [6, 6.07) is 7.40. The van der Waals surface area contributed by atoms with E-state index in [1.807, 2.05) is 12.1 Å². The van der Waals surface area contributed by atoms with Crippen LogP contribution in [-0.2, 0) is 20.7 Å². The molecule has 2 heterocycles. The third kappa shape index (κ3) is 2.87. The van der Waals surface area contributed by atoms with Gasteiger partial charge in [-0.2, -0.15) is 0 Å².